The van der Waals surface area contributed by atoms with E-state index in [2.05, 4.69) is 26.0 Å². The average molecular weight is 497 g/mol. The van der Waals surface area contributed by atoms with Gasteiger partial charge in [-0.1, -0.05) is 35.0 Å². The maximum absolute atomic E-state index is 12.3. The Kier molecular flexibility index (Phi) is 8.57. The third-order valence-electron chi connectivity index (χ3n) is 4.45. The quantitative estimate of drug-likeness (QED) is 0.516. The number of carbonyl (C=O) groups is 2. The molecule has 2 unspecified atom stereocenters. The number of nitrogens with one attached hydrogen (secondary N) is 2. The van der Waals surface area contributed by atoms with Crippen LogP contribution in [-0.4, -0.2) is 32.9 Å². The molecule has 2 N–H and O–H groups in total. The van der Waals surface area contributed by atoms with Gasteiger partial charge in [0.1, 0.15) is 0 Å². The molecule has 0 aliphatic heterocycles. The minimum absolute atomic E-state index is 0.0559. The van der Waals surface area contributed by atoms with Gasteiger partial charge >= 0.3 is 5.97 Å². The van der Waals surface area contributed by atoms with Crippen LogP contribution in [0.5, 0.6) is 0 Å². The summed E-state index contributed by atoms with van der Waals surface area (Å²) >= 11 is 3.36. The van der Waals surface area contributed by atoms with Crippen LogP contribution in [-0.2, 0) is 19.6 Å². The first kappa shape index (κ1) is 24.0. The Labute approximate surface area is 185 Å². The van der Waals surface area contributed by atoms with Gasteiger partial charge in [-0.05, 0) is 62.2 Å². The highest BCUT2D eigenvalue weighted by Crippen LogP contribution is 2.16. The molecule has 0 aliphatic rings. The van der Waals surface area contributed by atoms with E-state index < -0.39 is 28.5 Å². The molecule has 2 rings (SSSR count). The molecule has 0 saturated carbocycles. The van der Waals surface area contributed by atoms with Crippen LogP contribution in [0.1, 0.15) is 49.2 Å². The van der Waals surface area contributed by atoms with E-state index in [1.54, 1.807) is 6.92 Å². The molecule has 0 aromatic heterocycles. The predicted molar refractivity (Wildman–Crippen MR) is 117 cm³/mol. The number of amides is 1. The molecule has 0 radical (unpaired) electrons. The van der Waals surface area contributed by atoms with Gasteiger partial charge in [0, 0.05) is 10.5 Å². The second kappa shape index (κ2) is 10.7. The molecule has 2 aromatic rings. The number of hydrogen-bond donors (Lipinski definition) is 2. The molecule has 30 heavy (non-hydrogen) atoms. The van der Waals surface area contributed by atoms with Gasteiger partial charge in [0.15, 0.2) is 6.61 Å². The predicted octanol–water partition coefficient (Wildman–Crippen LogP) is 3.56. The number of sulfonamides is 1. The number of esters is 1. The number of rotatable bonds is 9. The van der Waals surface area contributed by atoms with Crippen molar-refractivity contribution in [3.63, 3.8) is 0 Å². The van der Waals surface area contributed by atoms with Gasteiger partial charge < -0.3 is 10.1 Å². The second-order valence-electron chi connectivity index (χ2n) is 6.87. The van der Waals surface area contributed by atoms with Crippen molar-refractivity contribution in [1.82, 2.24) is 10.0 Å². The van der Waals surface area contributed by atoms with Crippen molar-refractivity contribution in [2.24, 2.45) is 0 Å². The lowest BCUT2D eigenvalue weighted by atomic mass is 10.1. The van der Waals surface area contributed by atoms with Crippen LogP contribution < -0.4 is 10.0 Å². The molecule has 0 aliphatic carbocycles. The second-order valence-corrected chi connectivity index (χ2v) is 9.50. The highest BCUT2D eigenvalue weighted by atomic mass is 79.9. The third kappa shape index (κ3) is 6.93. The van der Waals surface area contributed by atoms with Crippen LogP contribution >= 0.6 is 15.9 Å². The summed E-state index contributed by atoms with van der Waals surface area (Å²) in [6.45, 7) is 5.04. The zero-order valence-corrected chi connectivity index (χ0v) is 19.4. The molecular formula is C21H25BrN2O5S. The summed E-state index contributed by atoms with van der Waals surface area (Å²) in [6.07, 6.45) is 0.659. The van der Waals surface area contributed by atoms with E-state index in [9.17, 15) is 18.0 Å². The minimum atomic E-state index is -3.65. The molecule has 0 heterocycles. The lowest BCUT2D eigenvalue weighted by Gasteiger charge is -2.14. The number of benzene rings is 2. The molecule has 7 nitrogen and oxygen atoms in total. The third-order valence-corrected chi connectivity index (χ3v) is 6.58. The van der Waals surface area contributed by atoms with E-state index in [0.717, 1.165) is 10.0 Å². The summed E-state index contributed by atoms with van der Waals surface area (Å²) in [4.78, 5) is 24.3. The lowest BCUT2D eigenvalue weighted by molar-refractivity contribution is -0.124. The van der Waals surface area contributed by atoms with Crippen molar-refractivity contribution in [2.45, 2.75) is 44.2 Å². The van der Waals surface area contributed by atoms with Crippen molar-refractivity contribution in [3.8, 4) is 0 Å². The van der Waals surface area contributed by atoms with Gasteiger partial charge in [0.2, 0.25) is 10.0 Å². The zero-order chi connectivity index (χ0) is 22.3. The normalized spacial score (nSPS) is 13.3. The molecule has 9 heteroatoms. The van der Waals surface area contributed by atoms with E-state index >= 15 is 0 Å². The summed E-state index contributed by atoms with van der Waals surface area (Å²) in [5.74, 6) is -1.14. The van der Waals surface area contributed by atoms with Crippen molar-refractivity contribution >= 4 is 37.8 Å². The first-order valence-corrected chi connectivity index (χ1v) is 11.7. The van der Waals surface area contributed by atoms with E-state index in [-0.39, 0.29) is 22.5 Å². The van der Waals surface area contributed by atoms with Crippen LogP contribution in [0.15, 0.2) is 57.9 Å². The maximum Gasteiger partial charge on any atom is 0.338 e. The largest absolute Gasteiger partial charge is 0.452 e. The van der Waals surface area contributed by atoms with E-state index in [4.69, 9.17) is 4.74 Å². The standard InChI is InChI=1S/C21H25BrN2O5S/c1-4-14(2)24-30(27,28)19-11-7-17(8-12-19)21(26)29-13-20(25)23-15(3)16-5-9-18(22)10-6-16/h5-12,14-15,24H,4,13H2,1-3H3,(H,23,25). The minimum Gasteiger partial charge on any atom is -0.452 e. The number of hydrogen-bond acceptors (Lipinski definition) is 5. The highest BCUT2D eigenvalue weighted by Gasteiger charge is 2.18. The van der Waals surface area contributed by atoms with Gasteiger partial charge in [-0.2, -0.15) is 0 Å². The van der Waals surface area contributed by atoms with Crippen LogP contribution in [0.25, 0.3) is 0 Å². The number of ether oxygens (including phenoxy) is 1. The first-order valence-electron chi connectivity index (χ1n) is 9.46. The molecule has 0 fully saturated rings. The smallest absolute Gasteiger partial charge is 0.338 e. The number of halogens is 1. The van der Waals surface area contributed by atoms with E-state index in [1.165, 1.54) is 24.3 Å². The topological polar surface area (TPSA) is 102 Å². The fourth-order valence-electron chi connectivity index (χ4n) is 2.52. The molecule has 2 aromatic carbocycles. The SMILES string of the molecule is CCC(C)NS(=O)(=O)c1ccc(C(=O)OCC(=O)NC(C)c2ccc(Br)cc2)cc1. The average Bonchev–Trinajstić information content (AvgIpc) is 2.72. The Morgan fingerprint density at radius 2 is 1.63 bits per heavy atom. The molecule has 0 saturated heterocycles. The fraction of sp³-hybridized carbons (Fsp3) is 0.333. The monoisotopic (exact) mass is 496 g/mol. The van der Waals surface area contributed by atoms with Gasteiger partial charge in [-0.15, -0.1) is 0 Å². The Hall–Kier alpha value is -2.23. The zero-order valence-electron chi connectivity index (χ0n) is 17.0. The lowest BCUT2D eigenvalue weighted by Crippen LogP contribution is -2.32. The summed E-state index contributed by atoms with van der Waals surface area (Å²) in [7, 11) is -3.65. The summed E-state index contributed by atoms with van der Waals surface area (Å²) < 4.78 is 33.0. The fourth-order valence-corrected chi connectivity index (χ4v) is 4.11. The Morgan fingerprint density at radius 1 is 1.03 bits per heavy atom. The molecule has 1 amide bonds. The maximum atomic E-state index is 12.3. The van der Waals surface area contributed by atoms with Gasteiger partial charge in [0.25, 0.3) is 5.91 Å². The molecule has 0 spiro atoms. The van der Waals surface area contributed by atoms with Crippen LogP contribution in [0.2, 0.25) is 0 Å². The Morgan fingerprint density at radius 3 is 2.20 bits per heavy atom. The number of carbonyl (C=O) groups excluding carboxylic acids is 2. The van der Waals surface area contributed by atoms with Crippen molar-refractivity contribution in [3.05, 3.63) is 64.1 Å². The molecule has 162 valence electrons. The van der Waals surface area contributed by atoms with E-state index in [1.807, 2.05) is 38.1 Å². The van der Waals surface area contributed by atoms with Gasteiger partial charge in [0.05, 0.1) is 16.5 Å². The van der Waals surface area contributed by atoms with Gasteiger partial charge in [-0.3, -0.25) is 4.79 Å². The molecule has 2 atom stereocenters. The summed E-state index contributed by atoms with van der Waals surface area (Å²) in [5.41, 5.74) is 1.08. The van der Waals surface area contributed by atoms with E-state index in [0.29, 0.717) is 6.42 Å². The van der Waals surface area contributed by atoms with Gasteiger partial charge in [-0.25, -0.2) is 17.9 Å². The van der Waals surface area contributed by atoms with Crippen LogP contribution in [0.4, 0.5) is 0 Å². The van der Waals surface area contributed by atoms with Crippen LogP contribution in [0.3, 0.4) is 0 Å². The Balaban J connectivity index is 1.90. The molecule has 0 bridgehead atoms. The summed E-state index contributed by atoms with van der Waals surface area (Å²) in [5, 5.41) is 2.76. The first-order chi connectivity index (χ1) is 14.1. The molecular weight excluding hydrogens is 472 g/mol. The van der Waals surface area contributed by atoms with Crippen molar-refractivity contribution in [2.75, 3.05) is 6.61 Å². The van der Waals surface area contributed by atoms with Crippen molar-refractivity contribution in [1.29, 1.82) is 0 Å². The highest BCUT2D eigenvalue weighted by molar-refractivity contribution is 9.10. The summed E-state index contributed by atoms with van der Waals surface area (Å²) in [6, 6.07) is 12.4. The Bertz CT molecular complexity index is 975. The van der Waals surface area contributed by atoms with Crippen LogP contribution in [0, 0.1) is 0 Å². The van der Waals surface area contributed by atoms with Crippen molar-refractivity contribution < 1.29 is 22.7 Å².